The van der Waals surface area contributed by atoms with Crippen molar-refractivity contribution in [1.29, 1.82) is 0 Å². The third kappa shape index (κ3) is 3.89. The van der Waals surface area contributed by atoms with Crippen molar-refractivity contribution < 1.29 is 0 Å². The van der Waals surface area contributed by atoms with Gasteiger partial charge in [0.2, 0.25) is 0 Å². The molecule has 2 N–H and O–H groups in total. The van der Waals surface area contributed by atoms with Gasteiger partial charge in [-0.15, -0.1) is 0 Å². The van der Waals surface area contributed by atoms with Gasteiger partial charge in [0.1, 0.15) is 11.6 Å². The van der Waals surface area contributed by atoms with Gasteiger partial charge in [-0.3, -0.25) is 10.00 Å². The molecule has 0 amide bonds. The van der Waals surface area contributed by atoms with Gasteiger partial charge < -0.3 is 4.98 Å². The first-order chi connectivity index (χ1) is 11.4. The summed E-state index contributed by atoms with van der Waals surface area (Å²) in [5.41, 5.74) is 2.16. The molecular weight excluding hydrogens is 300 g/mol. The smallest absolute Gasteiger partial charge is 0.181 e. The summed E-state index contributed by atoms with van der Waals surface area (Å²) in [4.78, 5) is 14.6. The Bertz CT molecular complexity index is 781. The number of aromatic nitrogens is 5. The molecule has 2 aromatic heterocycles. The minimum absolute atomic E-state index is 0.0341. The molecule has 0 saturated carbocycles. The second-order valence-electron chi connectivity index (χ2n) is 7.15. The number of hydrogen-bond donors (Lipinski definition) is 2. The van der Waals surface area contributed by atoms with Gasteiger partial charge in [-0.05, 0) is 7.05 Å². The molecule has 0 atom stereocenters. The van der Waals surface area contributed by atoms with Gasteiger partial charge in [0.05, 0.1) is 6.54 Å². The lowest BCUT2D eigenvalue weighted by Gasteiger charge is -2.15. The molecule has 3 rings (SSSR count). The molecule has 0 aliphatic carbocycles. The number of H-pyrrole nitrogens is 2. The van der Waals surface area contributed by atoms with Crippen LogP contribution in [0.25, 0.3) is 11.4 Å². The van der Waals surface area contributed by atoms with E-state index in [1.165, 1.54) is 0 Å². The summed E-state index contributed by atoms with van der Waals surface area (Å²) in [5.74, 6) is 2.60. The van der Waals surface area contributed by atoms with E-state index in [0.717, 1.165) is 35.3 Å². The van der Waals surface area contributed by atoms with E-state index in [4.69, 9.17) is 0 Å². The highest BCUT2D eigenvalue weighted by Gasteiger charge is 2.18. The Hall–Kier alpha value is -2.47. The van der Waals surface area contributed by atoms with Crippen LogP contribution in [-0.4, -0.2) is 37.1 Å². The van der Waals surface area contributed by atoms with Crippen molar-refractivity contribution >= 4 is 0 Å². The van der Waals surface area contributed by atoms with E-state index in [0.29, 0.717) is 6.54 Å². The number of benzene rings is 1. The molecule has 0 aliphatic heterocycles. The Labute approximate surface area is 142 Å². The first-order valence-electron chi connectivity index (χ1n) is 8.11. The molecule has 24 heavy (non-hydrogen) atoms. The van der Waals surface area contributed by atoms with Gasteiger partial charge in [-0.2, -0.15) is 5.10 Å². The van der Waals surface area contributed by atoms with Gasteiger partial charge in [0.25, 0.3) is 0 Å². The molecule has 0 bridgehead atoms. The minimum atomic E-state index is 0.0341. The van der Waals surface area contributed by atoms with Crippen molar-refractivity contribution in [2.45, 2.75) is 39.3 Å². The Morgan fingerprint density at radius 2 is 1.83 bits per heavy atom. The Morgan fingerprint density at radius 3 is 2.50 bits per heavy atom. The number of nitrogens with zero attached hydrogens (tertiary/aromatic N) is 4. The number of hydrogen-bond acceptors (Lipinski definition) is 4. The summed E-state index contributed by atoms with van der Waals surface area (Å²) in [6, 6.07) is 9.98. The fraction of sp³-hybridized carbons (Fsp3) is 0.389. The van der Waals surface area contributed by atoms with Crippen LogP contribution in [0.5, 0.6) is 0 Å². The molecule has 6 heteroatoms. The third-order valence-electron chi connectivity index (χ3n) is 3.76. The van der Waals surface area contributed by atoms with Crippen LogP contribution in [0.2, 0.25) is 0 Å². The molecule has 0 aliphatic rings. The number of aromatic amines is 2. The Balaban J connectivity index is 1.62. The van der Waals surface area contributed by atoms with Crippen molar-refractivity contribution in [3.8, 4) is 11.4 Å². The van der Waals surface area contributed by atoms with Crippen molar-refractivity contribution in [3.63, 3.8) is 0 Å². The topological polar surface area (TPSA) is 73.5 Å². The summed E-state index contributed by atoms with van der Waals surface area (Å²) in [6.45, 7) is 7.94. The minimum Gasteiger partial charge on any atom is -0.344 e. The van der Waals surface area contributed by atoms with E-state index < -0.39 is 0 Å². The summed E-state index contributed by atoms with van der Waals surface area (Å²) >= 11 is 0. The van der Waals surface area contributed by atoms with E-state index in [9.17, 15) is 0 Å². The fourth-order valence-electron chi connectivity index (χ4n) is 2.51. The van der Waals surface area contributed by atoms with E-state index >= 15 is 0 Å². The second-order valence-corrected chi connectivity index (χ2v) is 7.15. The third-order valence-corrected chi connectivity index (χ3v) is 3.76. The van der Waals surface area contributed by atoms with Crippen LogP contribution in [-0.2, 0) is 18.5 Å². The molecule has 0 fully saturated rings. The molecule has 126 valence electrons. The zero-order chi connectivity index (χ0) is 17.2. The van der Waals surface area contributed by atoms with Crippen molar-refractivity contribution in [3.05, 3.63) is 53.9 Å². The quantitative estimate of drug-likeness (QED) is 0.756. The molecule has 0 spiro atoms. The molecule has 6 nitrogen and oxygen atoms in total. The first kappa shape index (κ1) is 16.4. The van der Waals surface area contributed by atoms with Gasteiger partial charge in [0, 0.05) is 29.4 Å². The Morgan fingerprint density at radius 1 is 1.08 bits per heavy atom. The molecule has 1 aromatic carbocycles. The van der Waals surface area contributed by atoms with Crippen LogP contribution in [0.15, 0.2) is 36.5 Å². The molecule has 3 aromatic rings. The highest BCUT2D eigenvalue weighted by Crippen LogP contribution is 2.19. The van der Waals surface area contributed by atoms with Gasteiger partial charge in [0.15, 0.2) is 5.82 Å². The van der Waals surface area contributed by atoms with Crippen LogP contribution in [0.1, 0.15) is 38.1 Å². The lowest BCUT2D eigenvalue weighted by Crippen LogP contribution is -2.19. The fourth-order valence-corrected chi connectivity index (χ4v) is 2.51. The van der Waals surface area contributed by atoms with Crippen LogP contribution >= 0.6 is 0 Å². The zero-order valence-electron chi connectivity index (χ0n) is 14.7. The van der Waals surface area contributed by atoms with Gasteiger partial charge >= 0.3 is 0 Å². The Kier molecular flexibility index (Phi) is 4.49. The number of imidazole rings is 1. The standard InChI is InChI=1S/C18H24N6/c1-18(2,3)17-19-10-14(20-17)11-24(4)12-15-21-16(23-22-15)13-8-6-5-7-9-13/h5-10H,11-12H2,1-4H3,(H,19,20)(H,21,22,23). The molecule has 0 radical (unpaired) electrons. The van der Waals surface area contributed by atoms with Crippen LogP contribution in [0.4, 0.5) is 0 Å². The summed E-state index contributed by atoms with van der Waals surface area (Å²) in [6.07, 6.45) is 1.91. The maximum Gasteiger partial charge on any atom is 0.181 e. The van der Waals surface area contributed by atoms with Crippen molar-refractivity contribution in [2.75, 3.05) is 7.05 Å². The van der Waals surface area contributed by atoms with E-state index in [1.807, 2.05) is 36.5 Å². The average Bonchev–Trinajstić information content (AvgIpc) is 3.17. The van der Waals surface area contributed by atoms with Crippen LogP contribution < -0.4 is 0 Å². The van der Waals surface area contributed by atoms with E-state index in [1.54, 1.807) is 0 Å². The van der Waals surface area contributed by atoms with E-state index in [2.05, 4.69) is 57.9 Å². The molecule has 0 saturated heterocycles. The SMILES string of the molecule is CN(Cc1cnc(C(C)(C)C)[nH]1)Cc1nc(-c2ccccc2)n[nH]1. The van der Waals surface area contributed by atoms with Crippen LogP contribution in [0, 0.1) is 0 Å². The average molecular weight is 324 g/mol. The van der Waals surface area contributed by atoms with Crippen molar-refractivity contribution in [1.82, 2.24) is 30.0 Å². The van der Waals surface area contributed by atoms with Crippen molar-refractivity contribution in [2.24, 2.45) is 0 Å². The summed E-state index contributed by atoms with van der Waals surface area (Å²) in [7, 11) is 2.06. The van der Waals surface area contributed by atoms with Gasteiger partial charge in [-0.1, -0.05) is 51.1 Å². The highest BCUT2D eigenvalue weighted by molar-refractivity contribution is 5.53. The summed E-state index contributed by atoms with van der Waals surface area (Å²) in [5, 5.41) is 7.32. The van der Waals surface area contributed by atoms with Crippen LogP contribution in [0.3, 0.4) is 0 Å². The van der Waals surface area contributed by atoms with E-state index in [-0.39, 0.29) is 5.41 Å². The maximum absolute atomic E-state index is 4.57. The molecule has 2 heterocycles. The second kappa shape index (κ2) is 6.57. The predicted molar refractivity (Wildman–Crippen MR) is 94.3 cm³/mol. The monoisotopic (exact) mass is 324 g/mol. The zero-order valence-corrected chi connectivity index (χ0v) is 14.7. The molecule has 0 unspecified atom stereocenters. The lowest BCUT2D eigenvalue weighted by molar-refractivity contribution is 0.307. The maximum atomic E-state index is 4.57. The lowest BCUT2D eigenvalue weighted by atomic mass is 9.96. The number of rotatable bonds is 5. The first-order valence-corrected chi connectivity index (χ1v) is 8.11. The summed E-state index contributed by atoms with van der Waals surface area (Å²) < 4.78 is 0. The van der Waals surface area contributed by atoms with Gasteiger partial charge in [-0.25, -0.2) is 9.97 Å². The number of nitrogens with one attached hydrogen (secondary N) is 2. The largest absolute Gasteiger partial charge is 0.344 e. The predicted octanol–water partition coefficient (Wildman–Crippen LogP) is 3.12. The molecular formula is C18H24N6. The normalized spacial score (nSPS) is 12.0. The highest BCUT2D eigenvalue weighted by atomic mass is 15.2.